The van der Waals surface area contributed by atoms with Gasteiger partial charge in [-0.25, -0.2) is 4.79 Å². The summed E-state index contributed by atoms with van der Waals surface area (Å²) in [4.78, 5) is 26.0. The molecule has 0 aromatic heterocycles. The molecule has 2 amide bonds. The van der Waals surface area contributed by atoms with Crippen molar-refractivity contribution in [2.24, 2.45) is 0 Å². The molecule has 1 aliphatic rings. The summed E-state index contributed by atoms with van der Waals surface area (Å²) in [5, 5.41) is 6.00. The van der Waals surface area contributed by atoms with Gasteiger partial charge in [-0.1, -0.05) is 12.1 Å². The summed E-state index contributed by atoms with van der Waals surface area (Å²) in [7, 11) is 3.43. The molecule has 8 nitrogen and oxygen atoms in total. The molecule has 1 atom stereocenters. The third-order valence-electron chi connectivity index (χ3n) is 5.36. The maximum Gasteiger partial charge on any atom is 0.409 e. The Balaban J connectivity index is 0.00000408. The van der Waals surface area contributed by atoms with Crippen LogP contribution in [0.1, 0.15) is 27.3 Å². The molecule has 1 heterocycles. The molecule has 0 aliphatic carbocycles. The second-order valence-electron chi connectivity index (χ2n) is 7.65. The van der Waals surface area contributed by atoms with E-state index in [1.807, 2.05) is 32.2 Å². The number of ether oxygens (including phenoxy) is 3. The van der Waals surface area contributed by atoms with Crippen molar-refractivity contribution in [3.8, 4) is 11.5 Å². The Labute approximate surface area is 196 Å². The molecular weight excluding hydrogens is 422 g/mol. The molecular formula is C25H33N3O5. The molecule has 1 unspecified atom stereocenters. The minimum atomic E-state index is -0.305. The SMILES string of the molecule is CCOC(=O)N1CCC(Oc2ccc(NC(=O)/C=C(\C)c3cccc(OC)c3NC)cc2)C1.[HH]. The molecule has 8 heteroatoms. The molecule has 2 aromatic carbocycles. The summed E-state index contributed by atoms with van der Waals surface area (Å²) in [6.07, 6.45) is 1.92. The topological polar surface area (TPSA) is 89.1 Å². The van der Waals surface area contributed by atoms with E-state index in [9.17, 15) is 9.59 Å². The van der Waals surface area contributed by atoms with Gasteiger partial charge in [0.2, 0.25) is 5.91 Å². The predicted molar refractivity (Wildman–Crippen MR) is 131 cm³/mol. The fourth-order valence-corrected chi connectivity index (χ4v) is 3.75. The molecule has 1 saturated heterocycles. The molecule has 0 saturated carbocycles. The smallest absolute Gasteiger partial charge is 0.409 e. The van der Waals surface area contributed by atoms with Gasteiger partial charge in [0.15, 0.2) is 0 Å². The molecule has 178 valence electrons. The van der Waals surface area contributed by atoms with E-state index < -0.39 is 0 Å². The van der Waals surface area contributed by atoms with E-state index in [2.05, 4.69) is 10.6 Å². The van der Waals surface area contributed by atoms with Gasteiger partial charge in [-0.2, -0.15) is 0 Å². The first-order valence-electron chi connectivity index (χ1n) is 11.0. The summed E-state index contributed by atoms with van der Waals surface area (Å²) in [6.45, 7) is 5.15. The number of allylic oxidation sites excluding steroid dienone is 1. The van der Waals surface area contributed by atoms with Gasteiger partial charge in [0, 0.05) is 38.8 Å². The predicted octanol–water partition coefficient (Wildman–Crippen LogP) is 4.63. The maximum atomic E-state index is 12.5. The molecule has 3 rings (SSSR count). The van der Waals surface area contributed by atoms with Gasteiger partial charge < -0.3 is 29.7 Å². The first-order chi connectivity index (χ1) is 15.9. The number of likely N-dealkylation sites (tertiary alicyclic amines) is 1. The zero-order valence-corrected chi connectivity index (χ0v) is 19.5. The standard InChI is InChI=1S/C25H31N3O5.H2/c1-5-32-25(30)28-14-13-20(16-28)33-19-11-9-18(10-12-19)27-23(29)15-17(2)21-7-6-8-22(31-4)24(21)26-3;/h6-12,15,20,26H,5,13-14,16H2,1-4H3,(H,27,29);1H/b17-15+;. The summed E-state index contributed by atoms with van der Waals surface area (Å²) >= 11 is 0. The van der Waals surface area contributed by atoms with Crippen LogP contribution < -0.4 is 20.1 Å². The van der Waals surface area contributed by atoms with Crippen molar-refractivity contribution in [2.75, 3.05) is 44.5 Å². The van der Waals surface area contributed by atoms with E-state index in [1.54, 1.807) is 49.3 Å². The van der Waals surface area contributed by atoms with Crippen LogP contribution in [-0.4, -0.2) is 56.9 Å². The number of para-hydroxylation sites is 1. The van der Waals surface area contributed by atoms with E-state index in [0.717, 1.165) is 23.2 Å². The van der Waals surface area contributed by atoms with Crippen LogP contribution in [0.15, 0.2) is 48.5 Å². The van der Waals surface area contributed by atoms with Crippen molar-refractivity contribution in [1.82, 2.24) is 4.90 Å². The zero-order chi connectivity index (χ0) is 23.8. The highest BCUT2D eigenvalue weighted by Crippen LogP contribution is 2.32. The lowest BCUT2D eigenvalue weighted by atomic mass is 10.0. The van der Waals surface area contributed by atoms with Crippen LogP contribution in [-0.2, 0) is 9.53 Å². The van der Waals surface area contributed by atoms with E-state index in [-0.39, 0.29) is 19.5 Å². The Hall–Kier alpha value is -3.68. The Morgan fingerprint density at radius 3 is 2.64 bits per heavy atom. The van der Waals surface area contributed by atoms with E-state index in [0.29, 0.717) is 36.9 Å². The van der Waals surface area contributed by atoms with Crippen molar-refractivity contribution < 1.29 is 25.2 Å². The van der Waals surface area contributed by atoms with E-state index >= 15 is 0 Å². The number of hydrogen-bond acceptors (Lipinski definition) is 6. The first-order valence-corrected chi connectivity index (χ1v) is 11.0. The van der Waals surface area contributed by atoms with Gasteiger partial charge >= 0.3 is 6.09 Å². The molecule has 0 bridgehead atoms. The molecule has 2 N–H and O–H groups in total. The molecule has 1 aliphatic heterocycles. The number of nitrogens with one attached hydrogen (secondary N) is 2. The van der Waals surface area contributed by atoms with E-state index in [4.69, 9.17) is 14.2 Å². The van der Waals surface area contributed by atoms with Crippen LogP contribution >= 0.6 is 0 Å². The Kier molecular flexibility index (Phi) is 8.18. The van der Waals surface area contributed by atoms with Crippen molar-refractivity contribution in [2.45, 2.75) is 26.4 Å². The highest BCUT2D eigenvalue weighted by Gasteiger charge is 2.28. The quantitative estimate of drug-likeness (QED) is 0.564. The average molecular weight is 456 g/mol. The number of nitrogens with zero attached hydrogens (tertiary/aromatic N) is 1. The van der Waals surface area contributed by atoms with Crippen molar-refractivity contribution >= 4 is 28.9 Å². The van der Waals surface area contributed by atoms with Crippen molar-refractivity contribution in [3.05, 3.63) is 54.1 Å². The van der Waals surface area contributed by atoms with Gasteiger partial charge in [0.05, 0.1) is 25.9 Å². The fraction of sp³-hybridized carbons (Fsp3) is 0.360. The van der Waals surface area contributed by atoms with Gasteiger partial charge in [-0.3, -0.25) is 4.79 Å². The minimum absolute atomic E-state index is 0. The number of carbonyl (C=O) groups excluding carboxylic acids is 2. The minimum Gasteiger partial charge on any atom is -0.495 e. The Morgan fingerprint density at radius 1 is 1.21 bits per heavy atom. The lowest BCUT2D eigenvalue weighted by Crippen LogP contribution is -2.31. The number of benzene rings is 2. The number of hydrogen-bond donors (Lipinski definition) is 2. The number of methoxy groups -OCH3 is 1. The normalized spacial score (nSPS) is 15.7. The summed E-state index contributed by atoms with van der Waals surface area (Å²) < 4.78 is 16.4. The monoisotopic (exact) mass is 455 g/mol. The molecule has 0 spiro atoms. The molecule has 0 radical (unpaired) electrons. The lowest BCUT2D eigenvalue weighted by Gasteiger charge is -2.16. The van der Waals surface area contributed by atoms with Crippen LogP contribution in [0.2, 0.25) is 0 Å². The van der Waals surface area contributed by atoms with Crippen LogP contribution in [0.25, 0.3) is 5.57 Å². The zero-order valence-electron chi connectivity index (χ0n) is 19.5. The second-order valence-corrected chi connectivity index (χ2v) is 7.65. The summed E-state index contributed by atoms with van der Waals surface area (Å²) in [6, 6.07) is 12.9. The molecule has 1 fully saturated rings. The maximum absolute atomic E-state index is 12.5. The van der Waals surface area contributed by atoms with Crippen molar-refractivity contribution in [3.63, 3.8) is 0 Å². The Morgan fingerprint density at radius 2 is 1.97 bits per heavy atom. The van der Waals surface area contributed by atoms with Gasteiger partial charge in [0.1, 0.15) is 17.6 Å². The Bertz CT molecular complexity index is 1010. The number of rotatable bonds is 8. The van der Waals surface area contributed by atoms with Gasteiger partial charge in [-0.05, 0) is 49.8 Å². The summed E-state index contributed by atoms with van der Waals surface area (Å²) in [5.74, 6) is 1.17. The third-order valence-corrected chi connectivity index (χ3v) is 5.36. The number of amides is 2. The average Bonchev–Trinajstić information content (AvgIpc) is 3.28. The van der Waals surface area contributed by atoms with Crippen LogP contribution in [0.5, 0.6) is 11.5 Å². The second kappa shape index (κ2) is 11.3. The fourth-order valence-electron chi connectivity index (χ4n) is 3.75. The highest BCUT2D eigenvalue weighted by molar-refractivity contribution is 6.04. The largest absolute Gasteiger partial charge is 0.495 e. The van der Waals surface area contributed by atoms with Crippen molar-refractivity contribution in [1.29, 1.82) is 0 Å². The molecule has 2 aromatic rings. The number of carbonyl (C=O) groups is 2. The summed E-state index contributed by atoms with van der Waals surface area (Å²) in [5.41, 5.74) is 3.19. The van der Waals surface area contributed by atoms with Gasteiger partial charge in [-0.15, -0.1) is 0 Å². The van der Waals surface area contributed by atoms with Crippen LogP contribution in [0.4, 0.5) is 16.2 Å². The van der Waals surface area contributed by atoms with Gasteiger partial charge in [0.25, 0.3) is 0 Å². The lowest BCUT2D eigenvalue weighted by molar-refractivity contribution is -0.111. The highest BCUT2D eigenvalue weighted by atomic mass is 16.6. The van der Waals surface area contributed by atoms with Crippen LogP contribution in [0.3, 0.4) is 0 Å². The number of anilines is 2. The van der Waals surface area contributed by atoms with Crippen LogP contribution in [0, 0.1) is 0 Å². The molecule has 33 heavy (non-hydrogen) atoms. The first kappa shape index (κ1) is 24.0. The third kappa shape index (κ3) is 6.19. The van der Waals surface area contributed by atoms with E-state index in [1.165, 1.54) is 0 Å².